The summed E-state index contributed by atoms with van der Waals surface area (Å²) in [5, 5.41) is 4.26. The van der Waals surface area contributed by atoms with Gasteiger partial charge in [0, 0.05) is 6.54 Å². The van der Waals surface area contributed by atoms with E-state index in [1.54, 1.807) is 5.38 Å². The van der Waals surface area contributed by atoms with Gasteiger partial charge in [0.2, 0.25) is 10.0 Å². The van der Waals surface area contributed by atoms with Crippen LogP contribution < -0.4 is 20.5 Å². The molecule has 12 heteroatoms. The number of carbonyl (C=O) groups is 3. The van der Waals surface area contributed by atoms with Gasteiger partial charge in [-0.25, -0.2) is 13.1 Å². The Morgan fingerprint density at radius 1 is 1.13 bits per heavy atom. The average molecular weight is 456 g/mol. The molecule has 1 heterocycles. The van der Waals surface area contributed by atoms with Crippen molar-refractivity contribution in [1.82, 2.24) is 4.72 Å². The molecular weight excluding hydrogens is 434 g/mol. The van der Waals surface area contributed by atoms with E-state index in [1.165, 1.54) is 30.3 Å². The van der Waals surface area contributed by atoms with E-state index in [2.05, 4.69) is 10.0 Å². The molecular formula is C18H21N3O7S2. The van der Waals surface area contributed by atoms with Gasteiger partial charge in [-0.3, -0.25) is 14.4 Å². The summed E-state index contributed by atoms with van der Waals surface area (Å²) < 4.78 is 36.8. The summed E-state index contributed by atoms with van der Waals surface area (Å²) in [7, 11) is -3.80. The van der Waals surface area contributed by atoms with Crippen LogP contribution in [0.5, 0.6) is 5.75 Å². The van der Waals surface area contributed by atoms with Crippen LogP contribution in [-0.4, -0.2) is 46.0 Å². The van der Waals surface area contributed by atoms with Crippen LogP contribution in [0.3, 0.4) is 0 Å². The zero-order valence-electron chi connectivity index (χ0n) is 16.0. The molecule has 4 N–H and O–H groups in total. The van der Waals surface area contributed by atoms with Crippen molar-refractivity contribution in [3.05, 3.63) is 41.3 Å². The molecule has 30 heavy (non-hydrogen) atoms. The quantitative estimate of drug-likeness (QED) is 0.429. The van der Waals surface area contributed by atoms with Crippen molar-refractivity contribution in [3.8, 4) is 5.75 Å². The molecule has 0 atom stereocenters. The highest BCUT2D eigenvalue weighted by molar-refractivity contribution is 7.89. The Bertz CT molecular complexity index is 1000. The fraction of sp³-hybridized carbons (Fsp3) is 0.278. The maximum atomic E-state index is 12.2. The van der Waals surface area contributed by atoms with Crippen molar-refractivity contribution in [3.63, 3.8) is 0 Å². The number of rotatable bonds is 11. The van der Waals surface area contributed by atoms with Crippen LogP contribution in [-0.2, 0) is 24.3 Å². The first-order valence-electron chi connectivity index (χ1n) is 8.78. The van der Waals surface area contributed by atoms with Gasteiger partial charge in [0.15, 0.2) is 6.61 Å². The van der Waals surface area contributed by atoms with Gasteiger partial charge >= 0.3 is 5.97 Å². The molecule has 2 amide bonds. The Hall–Kier alpha value is -2.96. The van der Waals surface area contributed by atoms with Gasteiger partial charge in [-0.2, -0.15) is 0 Å². The number of anilines is 1. The summed E-state index contributed by atoms with van der Waals surface area (Å²) in [6.45, 7) is 1.49. The molecule has 0 aliphatic rings. The summed E-state index contributed by atoms with van der Waals surface area (Å²) in [5.41, 5.74) is 5.33. The number of sulfonamides is 1. The van der Waals surface area contributed by atoms with Crippen molar-refractivity contribution >= 4 is 44.1 Å². The summed E-state index contributed by atoms with van der Waals surface area (Å²) in [5.74, 6) is -1.56. The van der Waals surface area contributed by atoms with Crippen LogP contribution in [0.25, 0.3) is 0 Å². The maximum absolute atomic E-state index is 12.2. The van der Waals surface area contributed by atoms with Crippen LogP contribution in [0.2, 0.25) is 0 Å². The molecule has 1 aromatic carbocycles. The standard InChI is InChI=1S/C18H21N3O7S2/c1-2-27-12-3-5-13(6-4-12)30(25,26)20-9-7-16(23)28-11-15(22)21-18-14(17(19)24)8-10-29-18/h3-6,8,10,20H,2,7,9,11H2,1H3,(H2,19,24)(H,21,22). The number of nitrogens with two attached hydrogens (primary N) is 1. The number of nitrogens with one attached hydrogen (secondary N) is 2. The summed E-state index contributed by atoms with van der Waals surface area (Å²) >= 11 is 1.10. The molecule has 2 rings (SSSR count). The van der Waals surface area contributed by atoms with Gasteiger partial charge in [-0.1, -0.05) is 0 Å². The topological polar surface area (TPSA) is 154 Å². The predicted octanol–water partition coefficient (Wildman–Crippen LogP) is 1.10. The second-order valence-electron chi connectivity index (χ2n) is 5.79. The Balaban J connectivity index is 1.75. The van der Waals surface area contributed by atoms with Gasteiger partial charge in [0.05, 0.1) is 23.5 Å². The van der Waals surface area contributed by atoms with Gasteiger partial charge in [0.1, 0.15) is 10.8 Å². The molecule has 162 valence electrons. The Kier molecular flexibility index (Phi) is 8.33. The highest BCUT2D eigenvalue weighted by Gasteiger charge is 2.16. The lowest BCUT2D eigenvalue weighted by Gasteiger charge is -2.09. The third kappa shape index (κ3) is 6.83. The Labute approximate surface area is 177 Å². The van der Waals surface area contributed by atoms with Crippen molar-refractivity contribution in [2.75, 3.05) is 25.1 Å². The molecule has 0 aliphatic heterocycles. The molecule has 10 nitrogen and oxygen atoms in total. The molecule has 1 aromatic heterocycles. The minimum atomic E-state index is -3.80. The fourth-order valence-corrected chi connectivity index (χ4v) is 4.07. The van der Waals surface area contributed by atoms with E-state index in [1.807, 2.05) is 6.92 Å². The van der Waals surface area contributed by atoms with E-state index in [9.17, 15) is 22.8 Å². The Morgan fingerprint density at radius 2 is 1.83 bits per heavy atom. The van der Waals surface area contributed by atoms with Gasteiger partial charge in [-0.05, 0) is 42.6 Å². The van der Waals surface area contributed by atoms with Gasteiger partial charge < -0.3 is 20.5 Å². The summed E-state index contributed by atoms with van der Waals surface area (Å²) in [6.07, 6.45) is -0.269. The van der Waals surface area contributed by atoms with E-state index >= 15 is 0 Å². The number of hydrogen-bond donors (Lipinski definition) is 3. The van der Waals surface area contributed by atoms with E-state index in [0.717, 1.165) is 11.3 Å². The minimum Gasteiger partial charge on any atom is -0.494 e. The third-order valence-electron chi connectivity index (χ3n) is 3.61. The van der Waals surface area contributed by atoms with Gasteiger partial charge in [0.25, 0.3) is 11.8 Å². The SMILES string of the molecule is CCOc1ccc(S(=O)(=O)NCCC(=O)OCC(=O)Nc2sccc2C(N)=O)cc1. The number of primary amides is 1. The number of amides is 2. The van der Waals surface area contributed by atoms with Crippen molar-refractivity contribution in [2.45, 2.75) is 18.2 Å². The molecule has 0 bridgehead atoms. The van der Waals surface area contributed by atoms with Crippen LogP contribution in [0.4, 0.5) is 5.00 Å². The van der Waals surface area contributed by atoms with Crippen molar-refractivity contribution < 1.29 is 32.3 Å². The van der Waals surface area contributed by atoms with Crippen LogP contribution in [0, 0.1) is 0 Å². The lowest BCUT2D eigenvalue weighted by atomic mass is 10.3. The smallest absolute Gasteiger partial charge is 0.307 e. The molecule has 2 aromatic rings. The van der Waals surface area contributed by atoms with Crippen molar-refractivity contribution in [1.29, 1.82) is 0 Å². The number of carbonyl (C=O) groups excluding carboxylic acids is 3. The lowest BCUT2D eigenvalue weighted by molar-refractivity contribution is -0.147. The normalized spacial score (nSPS) is 11.0. The number of hydrogen-bond acceptors (Lipinski definition) is 8. The van der Waals surface area contributed by atoms with E-state index in [4.69, 9.17) is 15.2 Å². The number of benzene rings is 1. The van der Waals surface area contributed by atoms with E-state index in [0.29, 0.717) is 12.4 Å². The molecule has 0 saturated heterocycles. The first kappa shape index (κ1) is 23.3. The van der Waals surface area contributed by atoms with Crippen LogP contribution >= 0.6 is 11.3 Å². The fourth-order valence-electron chi connectivity index (χ4n) is 2.23. The molecule has 0 aliphatic carbocycles. The Morgan fingerprint density at radius 3 is 2.47 bits per heavy atom. The zero-order chi connectivity index (χ0) is 22.1. The average Bonchev–Trinajstić information content (AvgIpc) is 3.15. The first-order valence-corrected chi connectivity index (χ1v) is 11.1. The number of ether oxygens (including phenoxy) is 2. The highest BCUT2D eigenvalue weighted by Crippen LogP contribution is 2.22. The molecule has 0 unspecified atom stereocenters. The predicted molar refractivity (Wildman–Crippen MR) is 110 cm³/mol. The summed E-state index contributed by atoms with van der Waals surface area (Å²) in [6, 6.07) is 7.30. The zero-order valence-corrected chi connectivity index (χ0v) is 17.7. The summed E-state index contributed by atoms with van der Waals surface area (Å²) in [4.78, 5) is 34.8. The largest absolute Gasteiger partial charge is 0.494 e. The number of thiophene rings is 1. The molecule has 0 radical (unpaired) electrons. The van der Waals surface area contributed by atoms with Crippen LogP contribution in [0.15, 0.2) is 40.6 Å². The van der Waals surface area contributed by atoms with E-state index < -0.39 is 34.4 Å². The first-order chi connectivity index (χ1) is 14.2. The van der Waals surface area contributed by atoms with Crippen LogP contribution in [0.1, 0.15) is 23.7 Å². The second kappa shape index (κ2) is 10.7. The number of esters is 1. The molecule has 0 spiro atoms. The monoisotopic (exact) mass is 455 g/mol. The molecule has 0 saturated carbocycles. The van der Waals surface area contributed by atoms with Crippen molar-refractivity contribution in [2.24, 2.45) is 5.73 Å². The minimum absolute atomic E-state index is 0.0277. The second-order valence-corrected chi connectivity index (χ2v) is 8.47. The lowest BCUT2D eigenvalue weighted by Crippen LogP contribution is -2.28. The molecule has 0 fully saturated rings. The highest BCUT2D eigenvalue weighted by atomic mass is 32.2. The maximum Gasteiger partial charge on any atom is 0.307 e. The van der Waals surface area contributed by atoms with E-state index in [-0.39, 0.29) is 28.4 Å². The third-order valence-corrected chi connectivity index (χ3v) is 5.92. The van der Waals surface area contributed by atoms with Gasteiger partial charge in [-0.15, -0.1) is 11.3 Å².